The average Bonchev–Trinajstić information content (AvgIpc) is 3.07. The van der Waals surface area contributed by atoms with E-state index >= 15 is 0 Å². The molecule has 1 aliphatic heterocycles. The third-order valence-corrected chi connectivity index (χ3v) is 6.01. The predicted octanol–water partition coefficient (Wildman–Crippen LogP) is 2.49. The van der Waals surface area contributed by atoms with Gasteiger partial charge in [-0.1, -0.05) is 40.0 Å². The van der Waals surface area contributed by atoms with Crippen LogP contribution in [0.15, 0.2) is 6.07 Å². The topological polar surface area (TPSA) is 76.5 Å². The lowest BCUT2D eigenvalue weighted by molar-refractivity contribution is -0.134. The Balaban J connectivity index is 1.91. The highest BCUT2D eigenvalue weighted by molar-refractivity contribution is 5.99. The summed E-state index contributed by atoms with van der Waals surface area (Å²) in [4.78, 5) is 28.3. The van der Waals surface area contributed by atoms with E-state index in [1.807, 2.05) is 13.0 Å². The smallest absolute Gasteiger partial charge is 0.273 e. The van der Waals surface area contributed by atoms with Crippen molar-refractivity contribution in [3.8, 4) is 0 Å². The Hall–Kier alpha value is -1.89. The van der Waals surface area contributed by atoms with Crippen LogP contribution in [0.1, 0.15) is 76.0 Å². The van der Waals surface area contributed by atoms with Crippen LogP contribution in [0.5, 0.6) is 0 Å². The van der Waals surface area contributed by atoms with Gasteiger partial charge in [0, 0.05) is 25.1 Å². The first-order valence-corrected chi connectivity index (χ1v) is 10.4. The molecule has 156 valence electrons. The molecule has 1 saturated carbocycles. The second-order valence-electron chi connectivity index (χ2n) is 9.35. The van der Waals surface area contributed by atoms with Gasteiger partial charge in [0.05, 0.1) is 18.8 Å². The first-order chi connectivity index (χ1) is 13.2. The van der Waals surface area contributed by atoms with Gasteiger partial charge in [-0.05, 0) is 25.8 Å². The first kappa shape index (κ1) is 20.8. The minimum Gasteiger partial charge on any atom is -0.383 e. The maximum atomic E-state index is 13.3. The Labute approximate surface area is 167 Å². The molecular formula is C21H34N4O3. The maximum Gasteiger partial charge on any atom is 0.273 e. The van der Waals surface area contributed by atoms with Gasteiger partial charge in [0.15, 0.2) is 0 Å². The van der Waals surface area contributed by atoms with Crippen LogP contribution in [-0.4, -0.2) is 58.3 Å². The third-order valence-electron chi connectivity index (χ3n) is 6.01. The summed E-state index contributed by atoms with van der Waals surface area (Å²) in [6.45, 7) is 9.18. The summed E-state index contributed by atoms with van der Waals surface area (Å²) in [5, 5.41) is 7.88. The van der Waals surface area contributed by atoms with Crippen LogP contribution in [-0.2, 0) is 21.5 Å². The lowest BCUT2D eigenvalue weighted by atomic mass is 9.91. The highest BCUT2D eigenvalue weighted by Gasteiger charge is 2.48. The molecule has 2 aliphatic rings. The summed E-state index contributed by atoms with van der Waals surface area (Å²) >= 11 is 0. The number of aromatic nitrogens is 2. The Morgan fingerprint density at radius 1 is 1.32 bits per heavy atom. The van der Waals surface area contributed by atoms with E-state index in [2.05, 4.69) is 31.2 Å². The van der Waals surface area contributed by atoms with Crippen LogP contribution in [0.4, 0.5) is 0 Å². The molecule has 28 heavy (non-hydrogen) atoms. The second kappa shape index (κ2) is 7.85. The van der Waals surface area contributed by atoms with Gasteiger partial charge in [-0.2, -0.15) is 5.10 Å². The number of fused-ring (bicyclic) bond motifs is 1. The van der Waals surface area contributed by atoms with E-state index in [1.54, 1.807) is 16.7 Å². The Morgan fingerprint density at radius 2 is 2.00 bits per heavy atom. The van der Waals surface area contributed by atoms with E-state index < -0.39 is 5.54 Å². The molecule has 1 unspecified atom stereocenters. The van der Waals surface area contributed by atoms with Crippen molar-refractivity contribution in [2.24, 2.45) is 0 Å². The van der Waals surface area contributed by atoms with E-state index in [9.17, 15) is 9.59 Å². The summed E-state index contributed by atoms with van der Waals surface area (Å²) in [6, 6.07) is 2.06. The number of rotatable bonds is 5. The van der Waals surface area contributed by atoms with E-state index in [0.717, 1.165) is 31.4 Å². The summed E-state index contributed by atoms with van der Waals surface area (Å²) in [5.41, 5.74) is 0.257. The molecule has 1 N–H and O–H groups in total. The lowest BCUT2D eigenvalue weighted by Crippen LogP contribution is -2.65. The normalized spacial score (nSPS) is 23.6. The molecule has 0 radical (unpaired) electrons. The number of nitrogens with zero attached hydrogens (tertiary/aromatic N) is 3. The molecule has 7 nitrogen and oxygen atoms in total. The number of ether oxygens (including phenoxy) is 1. The molecule has 1 aromatic rings. The van der Waals surface area contributed by atoms with Crippen LogP contribution >= 0.6 is 0 Å². The average molecular weight is 391 g/mol. The molecule has 0 saturated heterocycles. The fourth-order valence-corrected chi connectivity index (χ4v) is 4.13. The van der Waals surface area contributed by atoms with Gasteiger partial charge in [0.2, 0.25) is 5.91 Å². The zero-order valence-corrected chi connectivity index (χ0v) is 17.9. The molecule has 1 aliphatic carbocycles. The zero-order valence-electron chi connectivity index (χ0n) is 17.9. The van der Waals surface area contributed by atoms with Crippen molar-refractivity contribution < 1.29 is 14.3 Å². The van der Waals surface area contributed by atoms with Crippen molar-refractivity contribution in [1.82, 2.24) is 20.0 Å². The molecule has 2 amide bonds. The Kier molecular flexibility index (Phi) is 5.84. The zero-order chi connectivity index (χ0) is 20.5. The van der Waals surface area contributed by atoms with Crippen LogP contribution in [0.2, 0.25) is 0 Å². The van der Waals surface area contributed by atoms with Gasteiger partial charge in [-0.15, -0.1) is 0 Å². The van der Waals surface area contributed by atoms with Crippen LogP contribution in [0.3, 0.4) is 0 Å². The minimum absolute atomic E-state index is 0.0951. The van der Waals surface area contributed by atoms with E-state index in [-0.39, 0.29) is 23.3 Å². The number of carbonyl (C=O) groups excluding carboxylic acids is 2. The van der Waals surface area contributed by atoms with E-state index in [1.165, 1.54) is 6.42 Å². The number of carbonyl (C=O) groups is 2. The molecule has 7 heteroatoms. The minimum atomic E-state index is -0.985. The van der Waals surface area contributed by atoms with Gasteiger partial charge in [-0.3, -0.25) is 14.3 Å². The van der Waals surface area contributed by atoms with Crippen LogP contribution in [0, 0.1) is 0 Å². The fraction of sp³-hybridized carbons (Fsp3) is 0.762. The Morgan fingerprint density at radius 3 is 2.61 bits per heavy atom. The number of methoxy groups -OCH3 is 1. The fourth-order valence-electron chi connectivity index (χ4n) is 4.13. The molecule has 0 bridgehead atoms. The number of amides is 2. The highest BCUT2D eigenvalue weighted by atomic mass is 16.5. The number of hydrogen-bond donors (Lipinski definition) is 1. The quantitative estimate of drug-likeness (QED) is 0.838. The molecule has 3 rings (SSSR count). The third kappa shape index (κ3) is 3.95. The SMILES string of the molecule is COCCN1C(=O)c2cc(C(C)(C)C)nn2CC1(C)C(=O)NC1CCCCC1. The van der Waals surface area contributed by atoms with Crippen molar-refractivity contribution in [2.45, 2.75) is 83.3 Å². The molecular weight excluding hydrogens is 356 g/mol. The second-order valence-corrected chi connectivity index (χ2v) is 9.35. The Bertz CT molecular complexity index is 730. The maximum absolute atomic E-state index is 13.3. The van der Waals surface area contributed by atoms with Crippen LogP contribution < -0.4 is 5.32 Å². The van der Waals surface area contributed by atoms with Crippen molar-refractivity contribution in [3.63, 3.8) is 0 Å². The van der Waals surface area contributed by atoms with E-state index in [0.29, 0.717) is 25.4 Å². The van der Waals surface area contributed by atoms with Crippen molar-refractivity contribution in [3.05, 3.63) is 17.5 Å². The molecule has 2 heterocycles. The largest absolute Gasteiger partial charge is 0.383 e. The molecule has 1 fully saturated rings. The van der Waals surface area contributed by atoms with Crippen molar-refractivity contribution in [1.29, 1.82) is 0 Å². The van der Waals surface area contributed by atoms with Gasteiger partial charge in [0.1, 0.15) is 11.2 Å². The summed E-state index contributed by atoms with van der Waals surface area (Å²) in [7, 11) is 1.61. The number of hydrogen-bond acceptors (Lipinski definition) is 4. The van der Waals surface area contributed by atoms with Gasteiger partial charge in [-0.25, -0.2) is 0 Å². The van der Waals surface area contributed by atoms with Crippen molar-refractivity contribution in [2.75, 3.05) is 20.3 Å². The standard InChI is InChI=1S/C21H34N4O3/c1-20(2,3)17-13-16-18(26)24(11-12-28-5)21(4,14-25(16)23-17)19(27)22-15-9-7-6-8-10-15/h13,15H,6-12,14H2,1-5H3,(H,22,27). The first-order valence-electron chi connectivity index (χ1n) is 10.4. The summed E-state index contributed by atoms with van der Waals surface area (Å²) in [5.74, 6) is -0.255. The summed E-state index contributed by atoms with van der Waals surface area (Å²) < 4.78 is 6.93. The van der Waals surface area contributed by atoms with Gasteiger partial charge < -0.3 is 15.0 Å². The molecule has 0 aromatic carbocycles. The highest BCUT2D eigenvalue weighted by Crippen LogP contribution is 2.31. The van der Waals surface area contributed by atoms with Gasteiger partial charge >= 0.3 is 0 Å². The van der Waals surface area contributed by atoms with Gasteiger partial charge in [0.25, 0.3) is 5.91 Å². The molecule has 1 atom stereocenters. The predicted molar refractivity (Wildman–Crippen MR) is 107 cm³/mol. The molecule has 0 spiro atoms. The summed E-state index contributed by atoms with van der Waals surface area (Å²) in [6.07, 6.45) is 5.54. The monoisotopic (exact) mass is 390 g/mol. The van der Waals surface area contributed by atoms with Crippen LogP contribution in [0.25, 0.3) is 0 Å². The molecule has 1 aromatic heterocycles. The lowest BCUT2D eigenvalue weighted by Gasteiger charge is -2.44. The van der Waals surface area contributed by atoms with E-state index in [4.69, 9.17) is 4.74 Å². The van der Waals surface area contributed by atoms with Crippen molar-refractivity contribution >= 4 is 11.8 Å². The number of nitrogens with one attached hydrogen (secondary N) is 1.